The molecular formula is C17H25N3O5. The van der Waals surface area contributed by atoms with Crippen LogP contribution >= 0.6 is 0 Å². The molecule has 0 saturated heterocycles. The van der Waals surface area contributed by atoms with Gasteiger partial charge in [-0.05, 0) is 26.3 Å². The maximum Gasteiger partial charge on any atom is 0.408 e. The van der Waals surface area contributed by atoms with E-state index in [1.807, 2.05) is 30.3 Å². The maximum atomic E-state index is 12.1. The minimum atomic E-state index is -1.02. The van der Waals surface area contributed by atoms with Crippen LogP contribution in [0.3, 0.4) is 0 Å². The molecule has 25 heavy (non-hydrogen) atoms. The molecule has 8 heteroatoms. The molecule has 1 aromatic carbocycles. The largest absolute Gasteiger partial charge is 0.444 e. The Labute approximate surface area is 147 Å². The van der Waals surface area contributed by atoms with Crippen molar-refractivity contribution >= 4 is 17.9 Å². The monoisotopic (exact) mass is 351 g/mol. The Morgan fingerprint density at radius 2 is 1.80 bits per heavy atom. The average Bonchev–Trinajstić information content (AvgIpc) is 2.51. The number of benzene rings is 1. The SMILES string of the molecule is CC(C)(C)OC(=O)N[C@@H](COCc1ccccc1)C(=O)NCC(N)=O. The molecule has 0 aliphatic carbocycles. The van der Waals surface area contributed by atoms with Gasteiger partial charge in [-0.25, -0.2) is 4.79 Å². The minimum Gasteiger partial charge on any atom is -0.444 e. The molecule has 1 atom stereocenters. The van der Waals surface area contributed by atoms with Crippen LogP contribution in [0.1, 0.15) is 26.3 Å². The number of carbonyl (C=O) groups excluding carboxylic acids is 3. The molecule has 0 aliphatic heterocycles. The highest BCUT2D eigenvalue weighted by Crippen LogP contribution is 2.07. The molecule has 1 rings (SSSR count). The molecule has 1 aromatic rings. The van der Waals surface area contributed by atoms with E-state index in [4.69, 9.17) is 15.2 Å². The zero-order chi connectivity index (χ0) is 18.9. The van der Waals surface area contributed by atoms with Gasteiger partial charge in [0.05, 0.1) is 19.8 Å². The predicted octanol–water partition coefficient (Wildman–Crippen LogP) is 0.698. The first-order valence-corrected chi connectivity index (χ1v) is 7.84. The first-order valence-electron chi connectivity index (χ1n) is 7.84. The number of amides is 3. The molecule has 0 fully saturated rings. The Morgan fingerprint density at radius 3 is 2.36 bits per heavy atom. The number of nitrogens with one attached hydrogen (secondary N) is 2. The van der Waals surface area contributed by atoms with Crippen molar-refractivity contribution in [1.82, 2.24) is 10.6 Å². The Kier molecular flexibility index (Phi) is 7.87. The second-order valence-electron chi connectivity index (χ2n) is 6.38. The van der Waals surface area contributed by atoms with Crippen LogP contribution in [0.15, 0.2) is 30.3 Å². The van der Waals surface area contributed by atoms with E-state index >= 15 is 0 Å². The van der Waals surface area contributed by atoms with Crippen molar-refractivity contribution in [3.05, 3.63) is 35.9 Å². The smallest absolute Gasteiger partial charge is 0.408 e. The predicted molar refractivity (Wildman–Crippen MR) is 91.5 cm³/mol. The lowest BCUT2D eigenvalue weighted by atomic mass is 10.2. The van der Waals surface area contributed by atoms with Crippen LogP contribution in [0.5, 0.6) is 0 Å². The lowest BCUT2D eigenvalue weighted by molar-refractivity contribution is -0.127. The summed E-state index contributed by atoms with van der Waals surface area (Å²) in [4.78, 5) is 34.8. The fourth-order valence-electron chi connectivity index (χ4n) is 1.80. The van der Waals surface area contributed by atoms with E-state index in [1.54, 1.807) is 20.8 Å². The summed E-state index contributed by atoms with van der Waals surface area (Å²) in [5.41, 5.74) is 5.23. The van der Waals surface area contributed by atoms with Crippen molar-refractivity contribution in [1.29, 1.82) is 0 Å². The fraction of sp³-hybridized carbons (Fsp3) is 0.471. The molecule has 0 saturated carbocycles. The summed E-state index contributed by atoms with van der Waals surface area (Å²) in [6.07, 6.45) is -0.755. The fourth-order valence-corrected chi connectivity index (χ4v) is 1.80. The van der Waals surface area contributed by atoms with E-state index in [0.717, 1.165) is 5.56 Å². The van der Waals surface area contributed by atoms with Gasteiger partial charge in [0, 0.05) is 0 Å². The number of hydrogen-bond donors (Lipinski definition) is 3. The van der Waals surface area contributed by atoms with E-state index < -0.39 is 29.6 Å². The number of rotatable bonds is 8. The van der Waals surface area contributed by atoms with Gasteiger partial charge >= 0.3 is 6.09 Å². The number of alkyl carbamates (subject to hydrolysis) is 1. The maximum absolute atomic E-state index is 12.1. The van der Waals surface area contributed by atoms with E-state index in [9.17, 15) is 14.4 Å². The van der Waals surface area contributed by atoms with Crippen LogP contribution < -0.4 is 16.4 Å². The van der Waals surface area contributed by atoms with Gasteiger partial charge in [-0.2, -0.15) is 0 Å². The number of carbonyl (C=O) groups is 3. The molecule has 0 bridgehead atoms. The number of ether oxygens (including phenoxy) is 2. The van der Waals surface area contributed by atoms with Gasteiger partial charge in [0.15, 0.2) is 0 Å². The van der Waals surface area contributed by atoms with Gasteiger partial charge < -0.3 is 25.8 Å². The highest BCUT2D eigenvalue weighted by Gasteiger charge is 2.24. The average molecular weight is 351 g/mol. The van der Waals surface area contributed by atoms with E-state index in [0.29, 0.717) is 0 Å². The summed E-state index contributed by atoms with van der Waals surface area (Å²) < 4.78 is 10.6. The topological polar surface area (TPSA) is 120 Å². The van der Waals surface area contributed by atoms with E-state index in [1.165, 1.54) is 0 Å². The van der Waals surface area contributed by atoms with Crippen molar-refractivity contribution in [2.24, 2.45) is 5.73 Å². The molecule has 138 valence electrons. The molecular weight excluding hydrogens is 326 g/mol. The van der Waals surface area contributed by atoms with Crippen molar-refractivity contribution in [3.63, 3.8) is 0 Å². The van der Waals surface area contributed by atoms with Crippen LogP contribution in [0.4, 0.5) is 4.79 Å². The minimum absolute atomic E-state index is 0.0846. The molecule has 0 heterocycles. The normalized spacial score (nSPS) is 12.1. The van der Waals surface area contributed by atoms with Gasteiger partial charge in [-0.1, -0.05) is 30.3 Å². The third-order valence-electron chi connectivity index (χ3n) is 2.84. The first-order chi connectivity index (χ1) is 11.7. The second-order valence-corrected chi connectivity index (χ2v) is 6.38. The summed E-state index contributed by atoms with van der Waals surface area (Å²) in [6, 6.07) is 8.36. The molecule has 0 aliphatic rings. The van der Waals surface area contributed by atoms with Crippen LogP contribution in [0.2, 0.25) is 0 Å². The molecule has 0 unspecified atom stereocenters. The molecule has 8 nitrogen and oxygen atoms in total. The lowest BCUT2D eigenvalue weighted by Crippen LogP contribution is -2.51. The van der Waals surface area contributed by atoms with Crippen LogP contribution in [0.25, 0.3) is 0 Å². The highest BCUT2D eigenvalue weighted by atomic mass is 16.6. The van der Waals surface area contributed by atoms with Crippen LogP contribution in [-0.2, 0) is 25.7 Å². The number of nitrogens with two attached hydrogens (primary N) is 1. The van der Waals surface area contributed by atoms with Crippen molar-refractivity contribution < 1.29 is 23.9 Å². The Hall–Kier alpha value is -2.61. The highest BCUT2D eigenvalue weighted by molar-refractivity contribution is 5.89. The molecule has 0 spiro atoms. The standard InChI is InChI=1S/C17H25N3O5/c1-17(2,3)25-16(23)20-13(15(22)19-9-14(18)21)11-24-10-12-7-5-4-6-8-12/h4-8,13H,9-11H2,1-3H3,(H2,18,21)(H,19,22)(H,20,23)/t13-/m0/s1. The van der Waals surface area contributed by atoms with Gasteiger partial charge in [-0.3, -0.25) is 9.59 Å². The van der Waals surface area contributed by atoms with Gasteiger partial charge in [-0.15, -0.1) is 0 Å². The summed E-state index contributed by atoms with van der Waals surface area (Å²) in [6.45, 7) is 4.99. The van der Waals surface area contributed by atoms with Crippen molar-refractivity contribution in [2.45, 2.75) is 39.0 Å². The molecule has 3 amide bonds. The summed E-state index contributed by atoms with van der Waals surface area (Å²) in [5, 5.41) is 4.77. The zero-order valence-electron chi connectivity index (χ0n) is 14.7. The molecule has 4 N–H and O–H groups in total. The number of primary amides is 1. The summed E-state index contributed by atoms with van der Waals surface area (Å²) in [7, 11) is 0. The molecule has 0 radical (unpaired) electrons. The molecule has 0 aromatic heterocycles. The Morgan fingerprint density at radius 1 is 1.16 bits per heavy atom. The second kappa shape index (κ2) is 9.63. The van der Waals surface area contributed by atoms with E-state index in [-0.39, 0.29) is 19.8 Å². The summed E-state index contributed by atoms with van der Waals surface area (Å²) >= 11 is 0. The lowest BCUT2D eigenvalue weighted by Gasteiger charge is -2.23. The van der Waals surface area contributed by atoms with Gasteiger partial charge in [0.25, 0.3) is 0 Å². The first kappa shape index (κ1) is 20.4. The third-order valence-corrected chi connectivity index (χ3v) is 2.84. The van der Waals surface area contributed by atoms with E-state index in [2.05, 4.69) is 10.6 Å². The van der Waals surface area contributed by atoms with Crippen molar-refractivity contribution in [2.75, 3.05) is 13.2 Å². The van der Waals surface area contributed by atoms with Gasteiger partial charge in [0.1, 0.15) is 11.6 Å². The summed E-state index contributed by atoms with van der Waals surface area (Å²) in [5.74, 6) is -1.27. The number of hydrogen-bond acceptors (Lipinski definition) is 5. The van der Waals surface area contributed by atoms with Crippen molar-refractivity contribution in [3.8, 4) is 0 Å². The van der Waals surface area contributed by atoms with Crippen LogP contribution in [-0.4, -0.2) is 42.7 Å². The quantitative estimate of drug-likeness (QED) is 0.637. The Balaban J connectivity index is 2.61. The Bertz CT molecular complexity index is 584. The van der Waals surface area contributed by atoms with Crippen LogP contribution in [0, 0.1) is 0 Å². The third kappa shape index (κ3) is 9.31. The zero-order valence-corrected chi connectivity index (χ0v) is 14.7. The van der Waals surface area contributed by atoms with Gasteiger partial charge in [0.2, 0.25) is 11.8 Å².